The molecule has 20 heavy (non-hydrogen) atoms. The second kappa shape index (κ2) is 8.37. The lowest BCUT2D eigenvalue weighted by atomic mass is 9.84. The number of ether oxygens (including phenoxy) is 2. The summed E-state index contributed by atoms with van der Waals surface area (Å²) in [7, 11) is 0. The van der Waals surface area contributed by atoms with Crippen molar-refractivity contribution in [1.29, 1.82) is 0 Å². The van der Waals surface area contributed by atoms with E-state index in [1.807, 2.05) is 51.1 Å². The second-order valence-corrected chi connectivity index (χ2v) is 5.59. The van der Waals surface area contributed by atoms with Gasteiger partial charge < -0.3 is 19.7 Å². The SMILES string of the molecule is CCOCC(C)(C)[C@@H](OCc1ccccc1)[C@@H](O)CO. The van der Waals surface area contributed by atoms with Crippen molar-refractivity contribution >= 4 is 0 Å². The van der Waals surface area contributed by atoms with Gasteiger partial charge in [-0.05, 0) is 12.5 Å². The zero-order valence-corrected chi connectivity index (χ0v) is 12.6. The van der Waals surface area contributed by atoms with Crippen LogP contribution in [0.15, 0.2) is 30.3 Å². The minimum atomic E-state index is -0.922. The first-order valence-electron chi connectivity index (χ1n) is 7.03. The molecule has 0 bridgehead atoms. The Bertz CT molecular complexity index is 364. The van der Waals surface area contributed by atoms with Crippen LogP contribution < -0.4 is 0 Å². The van der Waals surface area contributed by atoms with Crippen LogP contribution in [-0.2, 0) is 16.1 Å². The summed E-state index contributed by atoms with van der Waals surface area (Å²) in [6.07, 6.45) is -1.41. The van der Waals surface area contributed by atoms with E-state index in [1.165, 1.54) is 0 Å². The highest BCUT2D eigenvalue weighted by Gasteiger charge is 2.36. The number of rotatable bonds is 9. The lowest BCUT2D eigenvalue weighted by molar-refractivity contribution is -0.136. The van der Waals surface area contributed by atoms with Gasteiger partial charge in [-0.25, -0.2) is 0 Å². The topological polar surface area (TPSA) is 58.9 Å². The molecule has 1 rings (SSSR count). The normalized spacial score (nSPS) is 15.1. The molecule has 0 radical (unpaired) electrons. The van der Waals surface area contributed by atoms with Gasteiger partial charge in [0, 0.05) is 12.0 Å². The summed E-state index contributed by atoms with van der Waals surface area (Å²) in [4.78, 5) is 0. The van der Waals surface area contributed by atoms with E-state index >= 15 is 0 Å². The molecule has 2 N–H and O–H groups in total. The summed E-state index contributed by atoms with van der Waals surface area (Å²) in [6, 6.07) is 9.78. The molecule has 0 aromatic heterocycles. The lowest BCUT2D eigenvalue weighted by Crippen LogP contribution is -2.46. The van der Waals surface area contributed by atoms with E-state index in [4.69, 9.17) is 9.47 Å². The van der Waals surface area contributed by atoms with Gasteiger partial charge in [-0.1, -0.05) is 44.2 Å². The van der Waals surface area contributed by atoms with Gasteiger partial charge in [0.1, 0.15) is 6.10 Å². The monoisotopic (exact) mass is 282 g/mol. The summed E-state index contributed by atoms with van der Waals surface area (Å²) < 4.78 is 11.3. The first-order chi connectivity index (χ1) is 9.51. The van der Waals surface area contributed by atoms with Gasteiger partial charge in [-0.3, -0.25) is 0 Å². The van der Waals surface area contributed by atoms with E-state index in [0.717, 1.165) is 5.56 Å². The van der Waals surface area contributed by atoms with E-state index < -0.39 is 12.2 Å². The predicted molar refractivity (Wildman–Crippen MR) is 78.4 cm³/mol. The second-order valence-electron chi connectivity index (χ2n) is 5.59. The van der Waals surface area contributed by atoms with Crippen molar-refractivity contribution in [2.75, 3.05) is 19.8 Å². The van der Waals surface area contributed by atoms with Crippen molar-refractivity contribution in [2.45, 2.75) is 39.6 Å². The molecule has 114 valence electrons. The van der Waals surface area contributed by atoms with E-state index in [1.54, 1.807) is 0 Å². The molecule has 1 aromatic rings. The highest BCUT2D eigenvalue weighted by molar-refractivity contribution is 5.13. The Hall–Kier alpha value is -0.940. The Morgan fingerprint density at radius 2 is 1.85 bits per heavy atom. The maximum absolute atomic E-state index is 10.0. The molecule has 0 aliphatic carbocycles. The van der Waals surface area contributed by atoms with Gasteiger partial charge in [0.05, 0.1) is 25.9 Å². The fraction of sp³-hybridized carbons (Fsp3) is 0.625. The Balaban J connectivity index is 2.69. The molecular formula is C16H26O4. The third-order valence-corrected chi connectivity index (χ3v) is 3.26. The van der Waals surface area contributed by atoms with Gasteiger partial charge in [-0.2, -0.15) is 0 Å². The largest absolute Gasteiger partial charge is 0.394 e. The molecule has 0 aliphatic heterocycles. The van der Waals surface area contributed by atoms with Crippen LogP contribution in [0.2, 0.25) is 0 Å². The Morgan fingerprint density at radius 1 is 1.20 bits per heavy atom. The fourth-order valence-electron chi connectivity index (χ4n) is 2.16. The van der Waals surface area contributed by atoms with Crippen LogP contribution in [-0.4, -0.2) is 42.2 Å². The highest BCUT2D eigenvalue weighted by atomic mass is 16.5. The van der Waals surface area contributed by atoms with E-state index in [0.29, 0.717) is 19.8 Å². The number of hydrogen-bond acceptors (Lipinski definition) is 4. The van der Waals surface area contributed by atoms with Gasteiger partial charge in [-0.15, -0.1) is 0 Å². The van der Waals surface area contributed by atoms with Crippen molar-refractivity contribution in [2.24, 2.45) is 5.41 Å². The van der Waals surface area contributed by atoms with Crippen molar-refractivity contribution in [3.05, 3.63) is 35.9 Å². The molecule has 0 saturated carbocycles. The van der Waals surface area contributed by atoms with Crippen molar-refractivity contribution < 1.29 is 19.7 Å². The Morgan fingerprint density at radius 3 is 2.40 bits per heavy atom. The van der Waals surface area contributed by atoms with E-state index in [9.17, 15) is 10.2 Å². The maximum Gasteiger partial charge on any atom is 0.104 e. The molecular weight excluding hydrogens is 256 g/mol. The summed E-state index contributed by atoms with van der Waals surface area (Å²) in [5.41, 5.74) is 0.655. The number of aliphatic hydroxyl groups is 2. The molecule has 0 unspecified atom stereocenters. The molecule has 0 aliphatic rings. The average molecular weight is 282 g/mol. The van der Waals surface area contributed by atoms with Crippen LogP contribution >= 0.6 is 0 Å². The quantitative estimate of drug-likeness (QED) is 0.727. The zero-order chi connectivity index (χ0) is 15.0. The molecule has 0 amide bonds. The van der Waals surface area contributed by atoms with Gasteiger partial charge >= 0.3 is 0 Å². The minimum absolute atomic E-state index is 0.324. The lowest BCUT2D eigenvalue weighted by Gasteiger charge is -2.36. The average Bonchev–Trinajstić information content (AvgIpc) is 2.46. The Labute approximate surface area is 121 Å². The van der Waals surface area contributed by atoms with Crippen LogP contribution in [0, 0.1) is 5.41 Å². The van der Waals surface area contributed by atoms with Gasteiger partial charge in [0.2, 0.25) is 0 Å². The zero-order valence-electron chi connectivity index (χ0n) is 12.6. The molecule has 2 atom stereocenters. The molecule has 0 spiro atoms. The predicted octanol–water partition coefficient (Wildman–Crippen LogP) is 1.99. The first-order valence-corrected chi connectivity index (χ1v) is 7.03. The number of hydrogen-bond donors (Lipinski definition) is 2. The van der Waals surface area contributed by atoms with E-state index in [-0.39, 0.29) is 12.0 Å². The highest BCUT2D eigenvalue weighted by Crippen LogP contribution is 2.27. The Kier molecular flexibility index (Phi) is 7.16. The van der Waals surface area contributed by atoms with Gasteiger partial charge in [0.15, 0.2) is 0 Å². The molecule has 0 saturated heterocycles. The molecule has 0 fully saturated rings. The van der Waals surface area contributed by atoms with Crippen molar-refractivity contribution in [3.63, 3.8) is 0 Å². The van der Waals surface area contributed by atoms with Crippen LogP contribution in [0.5, 0.6) is 0 Å². The van der Waals surface area contributed by atoms with Crippen molar-refractivity contribution in [3.8, 4) is 0 Å². The summed E-state index contributed by atoms with van der Waals surface area (Å²) >= 11 is 0. The third-order valence-electron chi connectivity index (χ3n) is 3.26. The van der Waals surface area contributed by atoms with Crippen LogP contribution in [0.4, 0.5) is 0 Å². The van der Waals surface area contributed by atoms with Crippen LogP contribution in [0.25, 0.3) is 0 Å². The smallest absolute Gasteiger partial charge is 0.104 e. The minimum Gasteiger partial charge on any atom is -0.394 e. The molecule has 4 heteroatoms. The molecule has 4 nitrogen and oxygen atoms in total. The number of aliphatic hydroxyl groups excluding tert-OH is 2. The third kappa shape index (κ3) is 5.21. The fourth-order valence-corrected chi connectivity index (χ4v) is 2.16. The molecule has 1 aromatic carbocycles. The molecule has 0 heterocycles. The summed E-state index contributed by atoms with van der Waals surface area (Å²) in [5, 5.41) is 19.2. The van der Waals surface area contributed by atoms with Gasteiger partial charge in [0.25, 0.3) is 0 Å². The van der Waals surface area contributed by atoms with Crippen LogP contribution in [0.3, 0.4) is 0 Å². The van der Waals surface area contributed by atoms with Crippen molar-refractivity contribution in [1.82, 2.24) is 0 Å². The van der Waals surface area contributed by atoms with Crippen LogP contribution in [0.1, 0.15) is 26.3 Å². The maximum atomic E-state index is 10.0. The number of benzene rings is 1. The van der Waals surface area contributed by atoms with E-state index in [2.05, 4.69) is 0 Å². The summed E-state index contributed by atoms with van der Waals surface area (Å²) in [5.74, 6) is 0. The summed E-state index contributed by atoms with van der Waals surface area (Å²) in [6.45, 7) is 7.03. The first kappa shape index (κ1) is 17.1. The standard InChI is InChI=1S/C16H26O4/c1-4-19-12-16(2,3)15(14(18)10-17)20-11-13-8-6-5-7-9-13/h5-9,14-15,17-18H,4,10-12H2,1-3H3/t14-,15-/m0/s1.